The summed E-state index contributed by atoms with van der Waals surface area (Å²) in [6, 6.07) is 0.492. The Morgan fingerprint density at radius 2 is 1.90 bits per heavy atom. The lowest BCUT2D eigenvalue weighted by Gasteiger charge is -2.29. The molecule has 0 radical (unpaired) electrons. The molecule has 1 heterocycles. The van der Waals surface area contributed by atoms with Gasteiger partial charge in [-0.15, -0.1) is 0 Å². The van der Waals surface area contributed by atoms with Crippen LogP contribution in [0.3, 0.4) is 0 Å². The van der Waals surface area contributed by atoms with Crippen LogP contribution in [-0.2, 0) is 0 Å². The number of hydrogen-bond donors (Lipinski definition) is 2. The molecule has 3 N–H and O–H groups in total. The van der Waals surface area contributed by atoms with Crippen LogP contribution in [0.25, 0.3) is 0 Å². The molecule has 0 aliphatic rings. The number of aromatic nitrogens is 3. The molecule has 0 unspecified atom stereocenters. The quantitative estimate of drug-likeness (QED) is 0.703. The van der Waals surface area contributed by atoms with Gasteiger partial charge in [0.2, 0.25) is 11.9 Å². The fourth-order valence-electron chi connectivity index (χ4n) is 2.03. The fourth-order valence-corrected chi connectivity index (χ4v) is 2.03. The van der Waals surface area contributed by atoms with Crippen LogP contribution in [-0.4, -0.2) is 45.9 Å². The lowest BCUT2D eigenvalue weighted by atomic mass is 10.1. The van der Waals surface area contributed by atoms with Crippen molar-refractivity contribution in [1.82, 2.24) is 15.0 Å². The molecule has 1 aromatic rings. The van der Waals surface area contributed by atoms with Gasteiger partial charge < -0.3 is 20.5 Å². The molecule has 0 aliphatic carbocycles. The van der Waals surface area contributed by atoms with E-state index in [4.69, 9.17) is 10.5 Å². The molecule has 7 heteroatoms. The summed E-state index contributed by atoms with van der Waals surface area (Å²) in [5.41, 5.74) is 5.72. The maximum absolute atomic E-state index is 9.24. The van der Waals surface area contributed by atoms with E-state index in [1.54, 1.807) is 0 Å². The standard InChI is InChI=1S/C13H25N5O2/c1-4-9-20-13-16-11(14)15-12(17-13)18(7-8-19)10(5-2)6-3/h10,19H,4-9H2,1-3H3,(H2,14,15,16,17). The summed E-state index contributed by atoms with van der Waals surface area (Å²) >= 11 is 0. The van der Waals surface area contributed by atoms with Crippen LogP contribution < -0.4 is 15.4 Å². The van der Waals surface area contributed by atoms with E-state index in [2.05, 4.69) is 28.8 Å². The van der Waals surface area contributed by atoms with Gasteiger partial charge in [0.05, 0.1) is 13.2 Å². The van der Waals surface area contributed by atoms with Gasteiger partial charge in [-0.25, -0.2) is 0 Å². The third kappa shape index (κ3) is 4.48. The Morgan fingerprint density at radius 1 is 1.20 bits per heavy atom. The lowest BCUT2D eigenvalue weighted by molar-refractivity contribution is 0.286. The highest BCUT2D eigenvalue weighted by Crippen LogP contribution is 2.19. The molecule has 114 valence electrons. The van der Waals surface area contributed by atoms with Crippen molar-refractivity contribution in [2.45, 2.75) is 46.1 Å². The summed E-state index contributed by atoms with van der Waals surface area (Å²) in [5.74, 6) is 0.598. The third-order valence-electron chi connectivity index (χ3n) is 3.04. The van der Waals surface area contributed by atoms with E-state index in [9.17, 15) is 5.11 Å². The van der Waals surface area contributed by atoms with Crippen molar-refractivity contribution in [2.75, 3.05) is 30.4 Å². The van der Waals surface area contributed by atoms with Crippen LogP contribution >= 0.6 is 0 Å². The zero-order valence-corrected chi connectivity index (χ0v) is 12.5. The molecule has 0 spiro atoms. The molecule has 0 aliphatic heterocycles. The zero-order valence-electron chi connectivity index (χ0n) is 12.5. The summed E-state index contributed by atoms with van der Waals surface area (Å²) in [6.45, 7) is 7.23. The number of anilines is 2. The molecule has 0 bridgehead atoms. The zero-order chi connectivity index (χ0) is 15.0. The largest absolute Gasteiger partial charge is 0.463 e. The highest BCUT2D eigenvalue weighted by atomic mass is 16.5. The predicted octanol–water partition coefficient (Wildman–Crippen LogP) is 1.23. The van der Waals surface area contributed by atoms with Gasteiger partial charge in [0.25, 0.3) is 0 Å². The number of hydrogen-bond acceptors (Lipinski definition) is 7. The van der Waals surface area contributed by atoms with Crippen molar-refractivity contribution >= 4 is 11.9 Å². The summed E-state index contributed by atoms with van der Waals surface area (Å²) in [5, 5.41) is 9.24. The Bertz CT molecular complexity index is 398. The minimum atomic E-state index is 0.0350. The number of nitrogens with zero attached hydrogens (tertiary/aromatic N) is 4. The maximum atomic E-state index is 9.24. The minimum Gasteiger partial charge on any atom is -0.463 e. The number of aliphatic hydroxyl groups is 1. The van der Waals surface area contributed by atoms with Crippen LogP contribution in [0.15, 0.2) is 0 Å². The number of ether oxygens (including phenoxy) is 1. The van der Waals surface area contributed by atoms with Gasteiger partial charge in [-0.3, -0.25) is 0 Å². The van der Waals surface area contributed by atoms with Gasteiger partial charge in [-0.1, -0.05) is 20.8 Å². The second-order valence-corrected chi connectivity index (χ2v) is 4.51. The van der Waals surface area contributed by atoms with E-state index in [1.165, 1.54) is 0 Å². The first kappa shape index (κ1) is 16.4. The van der Waals surface area contributed by atoms with Gasteiger partial charge >= 0.3 is 6.01 Å². The van der Waals surface area contributed by atoms with Crippen molar-refractivity contribution in [2.24, 2.45) is 0 Å². The Morgan fingerprint density at radius 3 is 2.45 bits per heavy atom. The van der Waals surface area contributed by atoms with Gasteiger partial charge in [-0.2, -0.15) is 15.0 Å². The Hall–Kier alpha value is -1.63. The highest BCUT2D eigenvalue weighted by molar-refractivity contribution is 5.37. The van der Waals surface area contributed by atoms with E-state index in [1.807, 2.05) is 11.8 Å². The predicted molar refractivity (Wildman–Crippen MR) is 78.8 cm³/mol. The summed E-state index contributed by atoms with van der Waals surface area (Å²) in [6.07, 6.45) is 2.74. The maximum Gasteiger partial charge on any atom is 0.323 e. The van der Waals surface area contributed by atoms with Crippen molar-refractivity contribution in [3.8, 4) is 6.01 Å². The molecular weight excluding hydrogens is 258 g/mol. The van der Waals surface area contributed by atoms with Gasteiger partial charge in [-0.05, 0) is 19.3 Å². The van der Waals surface area contributed by atoms with E-state index in [0.29, 0.717) is 19.1 Å². The molecule has 0 fully saturated rings. The third-order valence-corrected chi connectivity index (χ3v) is 3.04. The first-order valence-electron chi connectivity index (χ1n) is 7.18. The Labute approximate surface area is 120 Å². The topological polar surface area (TPSA) is 97.4 Å². The summed E-state index contributed by atoms with van der Waals surface area (Å²) < 4.78 is 5.42. The van der Waals surface area contributed by atoms with E-state index >= 15 is 0 Å². The molecule has 1 rings (SSSR count). The van der Waals surface area contributed by atoms with Crippen LogP contribution in [0.2, 0.25) is 0 Å². The van der Waals surface area contributed by atoms with Crippen molar-refractivity contribution < 1.29 is 9.84 Å². The normalized spacial score (nSPS) is 10.8. The van der Waals surface area contributed by atoms with E-state index in [-0.39, 0.29) is 24.6 Å². The molecule has 0 saturated heterocycles. The van der Waals surface area contributed by atoms with Crippen molar-refractivity contribution in [3.05, 3.63) is 0 Å². The highest BCUT2D eigenvalue weighted by Gasteiger charge is 2.19. The van der Waals surface area contributed by atoms with Crippen LogP contribution in [0, 0.1) is 0 Å². The second-order valence-electron chi connectivity index (χ2n) is 4.51. The smallest absolute Gasteiger partial charge is 0.323 e. The minimum absolute atomic E-state index is 0.0350. The van der Waals surface area contributed by atoms with Gasteiger partial charge in [0.1, 0.15) is 0 Å². The number of rotatable bonds is 9. The molecule has 0 aromatic carbocycles. The van der Waals surface area contributed by atoms with E-state index < -0.39 is 0 Å². The summed E-state index contributed by atoms with van der Waals surface area (Å²) in [7, 11) is 0. The van der Waals surface area contributed by atoms with Crippen molar-refractivity contribution in [1.29, 1.82) is 0 Å². The number of aliphatic hydroxyl groups excluding tert-OH is 1. The number of nitrogen functional groups attached to an aromatic ring is 1. The van der Waals surface area contributed by atoms with Crippen LogP contribution in [0.1, 0.15) is 40.0 Å². The van der Waals surface area contributed by atoms with Crippen molar-refractivity contribution in [3.63, 3.8) is 0 Å². The Kier molecular flexibility index (Phi) is 7.00. The fraction of sp³-hybridized carbons (Fsp3) is 0.769. The Balaban J connectivity index is 3.02. The first-order chi connectivity index (χ1) is 9.65. The second kappa shape index (κ2) is 8.52. The SMILES string of the molecule is CCCOc1nc(N)nc(N(CCO)C(CC)CC)n1. The first-order valence-corrected chi connectivity index (χ1v) is 7.18. The lowest BCUT2D eigenvalue weighted by Crippen LogP contribution is -2.38. The van der Waals surface area contributed by atoms with Crippen LogP contribution in [0.4, 0.5) is 11.9 Å². The monoisotopic (exact) mass is 283 g/mol. The molecular formula is C13H25N5O2. The average molecular weight is 283 g/mol. The van der Waals surface area contributed by atoms with Gasteiger partial charge in [0.15, 0.2) is 0 Å². The molecule has 0 amide bonds. The van der Waals surface area contributed by atoms with Gasteiger partial charge in [0, 0.05) is 12.6 Å². The summed E-state index contributed by atoms with van der Waals surface area (Å²) in [4.78, 5) is 14.4. The molecule has 20 heavy (non-hydrogen) atoms. The van der Waals surface area contributed by atoms with Crippen LogP contribution in [0.5, 0.6) is 6.01 Å². The van der Waals surface area contributed by atoms with E-state index in [0.717, 1.165) is 19.3 Å². The average Bonchev–Trinajstić information content (AvgIpc) is 2.44. The molecule has 1 aromatic heterocycles. The molecule has 0 saturated carbocycles. The number of nitrogens with two attached hydrogens (primary N) is 1. The molecule has 7 nitrogen and oxygen atoms in total. The molecule has 0 atom stereocenters.